The van der Waals surface area contributed by atoms with E-state index in [4.69, 9.17) is 4.74 Å². The first-order chi connectivity index (χ1) is 5.43. The molecule has 0 N–H and O–H groups in total. The van der Waals surface area contributed by atoms with Crippen molar-refractivity contribution in [2.45, 2.75) is 32.6 Å². The first-order valence-corrected chi connectivity index (χ1v) is 4.40. The van der Waals surface area contributed by atoms with Crippen LogP contribution in [0.2, 0.25) is 0 Å². The Hall–Kier alpha value is -0.720. The fraction of sp³-hybridized carbons (Fsp3) is 0.600. The van der Waals surface area contributed by atoms with Gasteiger partial charge in [0.1, 0.15) is 0 Å². The molecule has 0 atom stereocenters. The van der Waals surface area contributed by atoms with Crippen molar-refractivity contribution >= 4 is 0 Å². The summed E-state index contributed by atoms with van der Waals surface area (Å²) in [5.74, 6) is 1.18. The van der Waals surface area contributed by atoms with Gasteiger partial charge in [-0.2, -0.15) is 0 Å². The summed E-state index contributed by atoms with van der Waals surface area (Å²) in [7, 11) is 0. The first kappa shape index (κ1) is 8.38. The van der Waals surface area contributed by atoms with Crippen LogP contribution in [0.5, 0.6) is 0 Å². The maximum atomic E-state index is 5.45. The molecule has 1 nitrogen and oxygen atoms in total. The lowest BCUT2D eigenvalue weighted by atomic mass is 10.1. The predicted molar refractivity (Wildman–Crippen MR) is 47.3 cm³/mol. The van der Waals surface area contributed by atoms with E-state index in [0.717, 1.165) is 32.3 Å². The van der Waals surface area contributed by atoms with Crippen molar-refractivity contribution in [1.29, 1.82) is 0 Å². The normalized spacial score (nSPS) is 26.1. The quantitative estimate of drug-likeness (QED) is 0.552. The summed E-state index contributed by atoms with van der Waals surface area (Å²) in [4.78, 5) is 0. The van der Waals surface area contributed by atoms with Crippen LogP contribution in [-0.4, -0.2) is 6.61 Å². The van der Waals surface area contributed by atoms with Crippen LogP contribution in [0.25, 0.3) is 0 Å². The molecule has 11 heavy (non-hydrogen) atoms. The summed E-state index contributed by atoms with van der Waals surface area (Å²) in [6, 6.07) is 0. The Labute approximate surface area is 68.8 Å². The van der Waals surface area contributed by atoms with Crippen molar-refractivity contribution < 1.29 is 4.74 Å². The second-order valence-corrected chi connectivity index (χ2v) is 2.69. The molecule has 0 amide bonds. The van der Waals surface area contributed by atoms with E-state index >= 15 is 0 Å². The van der Waals surface area contributed by atoms with Crippen molar-refractivity contribution in [3.8, 4) is 0 Å². The Balaban J connectivity index is 2.37. The third kappa shape index (κ3) is 3.26. The third-order valence-electron chi connectivity index (χ3n) is 1.76. The minimum Gasteiger partial charge on any atom is -0.499 e. The summed E-state index contributed by atoms with van der Waals surface area (Å²) in [6.07, 6.45) is 11.2. The molecule has 0 saturated heterocycles. The van der Waals surface area contributed by atoms with E-state index in [1.807, 2.05) is 6.92 Å². The van der Waals surface area contributed by atoms with E-state index in [2.05, 4.69) is 18.2 Å². The lowest BCUT2D eigenvalue weighted by Gasteiger charge is -2.08. The Morgan fingerprint density at radius 1 is 1.27 bits per heavy atom. The largest absolute Gasteiger partial charge is 0.499 e. The van der Waals surface area contributed by atoms with Crippen LogP contribution in [0.3, 0.4) is 0 Å². The number of hydrogen-bond donors (Lipinski definition) is 0. The fourth-order valence-corrected chi connectivity index (χ4v) is 1.22. The number of ether oxygens (including phenoxy) is 1. The van der Waals surface area contributed by atoms with Crippen LogP contribution in [0, 0.1) is 0 Å². The summed E-state index contributed by atoms with van der Waals surface area (Å²) < 4.78 is 5.45. The Morgan fingerprint density at radius 3 is 2.91 bits per heavy atom. The van der Waals surface area contributed by atoms with Gasteiger partial charge in [0.25, 0.3) is 0 Å². The summed E-state index contributed by atoms with van der Waals surface area (Å²) >= 11 is 0. The van der Waals surface area contributed by atoms with Gasteiger partial charge < -0.3 is 4.74 Å². The molecule has 1 heteroatoms. The third-order valence-corrected chi connectivity index (χ3v) is 1.76. The first-order valence-electron chi connectivity index (χ1n) is 4.40. The van der Waals surface area contributed by atoms with Crippen molar-refractivity contribution in [3.05, 3.63) is 24.0 Å². The van der Waals surface area contributed by atoms with E-state index in [1.165, 1.54) is 5.76 Å². The van der Waals surface area contributed by atoms with Crippen molar-refractivity contribution in [3.63, 3.8) is 0 Å². The number of hydrogen-bond acceptors (Lipinski definition) is 1. The van der Waals surface area contributed by atoms with E-state index < -0.39 is 0 Å². The molecule has 0 saturated carbocycles. The van der Waals surface area contributed by atoms with Crippen LogP contribution < -0.4 is 0 Å². The van der Waals surface area contributed by atoms with E-state index in [9.17, 15) is 0 Å². The maximum absolute atomic E-state index is 5.45. The van der Waals surface area contributed by atoms with Gasteiger partial charge >= 0.3 is 0 Å². The molecular formula is C10H16O. The smallest absolute Gasteiger partial charge is 0.0923 e. The minimum atomic E-state index is 0.801. The van der Waals surface area contributed by atoms with Crippen LogP contribution in [0.15, 0.2) is 24.0 Å². The summed E-state index contributed by atoms with van der Waals surface area (Å²) in [5, 5.41) is 0. The highest BCUT2D eigenvalue weighted by molar-refractivity contribution is 5.00. The minimum absolute atomic E-state index is 0.801. The monoisotopic (exact) mass is 152 g/mol. The highest BCUT2D eigenvalue weighted by Gasteiger charge is 1.97. The summed E-state index contributed by atoms with van der Waals surface area (Å²) in [6.45, 7) is 2.84. The topological polar surface area (TPSA) is 9.23 Å². The standard InChI is InChI=1S/C10H16O/c1-2-11-10-8-6-4-3-5-7-9-10/h3-4,9H,2,5-8H2,1H3/b4-3-,10-9+. The molecular weight excluding hydrogens is 136 g/mol. The van der Waals surface area contributed by atoms with Gasteiger partial charge in [0.05, 0.1) is 12.4 Å². The molecule has 0 spiro atoms. The zero-order chi connectivity index (χ0) is 7.94. The molecule has 1 rings (SSSR count). The molecule has 0 fully saturated rings. The Kier molecular flexibility index (Phi) is 3.81. The molecule has 0 aromatic carbocycles. The second kappa shape index (κ2) is 5.00. The molecule has 0 aromatic rings. The van der Waals surface area contributed by atoms with Gasteiger partial charge in [-0.05, 0) is 32.3 Å². The highest BCUT2D eigenvalue weighted by atomic mass is 16.5. The molecule has 0 unspecified atom stereocenters. The van der Waals surface area contributed by atoms with Crippen molar-refractivity contribution in [2.24, 2.45) is 0 Å². The van der Waals surface area contributed by atoms with Gasteiger partial charge in [-0.3, -0.25) is 0 Å². The van der Waals surface area contributed by atoms with Gasteiger partial charge in [0, 0.05) is 6.42 Å². The predicted octanol–water partition coefficient (Wildman–Crippen LogP) is 3.04. The van der Waals surface area contributed by atoms with Gasteiger partial charge in [-0.15, -0.1) is 0 Å². The molecule has 0 bridgehead atoms. The SMILES string of the molecule is CCO/C1=C/CC/C=C\CC1. The van der Waals surface area contributed by atoms with Gasteiger partial charge in [-0.1, -0.05) is 12.2 Å². The van der Waals surface area contributed by atoms with Crippen LogP contribution in [0.4, 0.5) is 0 Å². The van der Waals surface area contributed by atoms with E-state index in [1.54, 1.807) is 0 Å². The maximum Gasteiger partial charge on any atom is 0.0923 e. The lowest BCUT2D eigenvalue weighted by Crippen LogP contribution is -1.92. The average Bonchev–Trinajstić information content (AvgIpc) is 1.94. The average molecular weight is 152 g/mol. The second-order valence-electron chi connectivity index (χ2n) is 2.69. The van der Waals surface area contributed by atoms with Crippen molar-refractivity contribution in [2.75, 3.05) is 6.61 Å². The van der Waals surface area contributed by atoms with E-state index in [-0.39, 0.29) is 0 Å². The Morgan fingerprint density at radius 2 is 2.09 bits per heavy atom. The zero-order valence-corrected chi connectivity index (χ0v) is 7.18. The molecule has 0 heterocycles. The molecule has 0 radical (unpaired) electrons. The van der Waals surface area contributed by atoms with Gasteiger partial charge in [0.15, 0.2) is 0 Å². The highest BCUT2D eigenvalue weighted by Crippen LogP contribution is 2.12. The van der Waals surface area contributed by atoms with Gasteiger partial charge in [0.2, 0.25) is 0 Å². The van der Waals surface area contributed by atoms with Crippen molar-refractivity contribution in [1.82, 2.24) is 0 Å². The van der Waals surface area contributed by atoms with Crippen LogP contribution in [-0.2, 0) is 4.74 Å². The molecule has 1 aliphatic rings. The lowest BCUT2D eigenvalue weighted by molar-refractivity contribution is 0.217. The molecule has 0 aliphatic heterocycles. The van der Waals surface area contributed by atoms with E-state index in [0.29, 0.717) is 0 Å². The zero-order valence-electron chi connectivity index (χ0n) is 7.18. The van der Waals surface area contributed by atoms with Gasteiger partial charge in [-0.25, -0.2) is 0 Å². The van der Waals surface area contributed by atoms with Crippen LogP contribution >= 0.6 is 0 Å². The number of rotatable bonds is 2. The molecule has 62 valence electrons. The molecule has 0 aromatic heterocycles. The Bertz CT molecular complexity index is 156. The summed E-state index contributed by atoms with van der Waals surface area (Å²) in [5.41, 5.74) is 0. The van der Waals surface area contributed by atoms with Crippen LogP contribution in [0.1, 0.15) is 32.6 Å². The number of allylic oxidation sites excluding steroid dienone is 4. The fourth-order valence-electron chi connectivity index (χ4n) is 1.22. The molecule has 1 aliphatic carbocycles.